The third-order valence-corrected chi connectivity index (χ3v) is 4.19. The van der Waals surface area contributed by atoms with Crippen LogP contribution in [-0.4, -0.2) is 50.8 Å². The number of anilines is 1. The van der Waals surface area contributed by atoms with Crippen LogP contribution in [0.1, 0.15) is 18.4 Å². The average Bonchev–Trinajstić information content (AvgIpc) is 2.97. The van der Waals surface area contributed by atoms with Crippen LogP contribution in [0.15, 0.2) is 18.2 Å². The second-order valence-electron chi connectivity index (χ2n) is 6.10. The van der Waals surface area contributed by atoms with E-state index in [4.69, 9.17) is 4.74 Å². The Bertz CT molecular complexity index is 525. The maximum atomic E-state index is 13.2. The second kappa shape index (κ2) is 8.84. The summed E-state index contributed by atoms with van der Waals surface area (Å²) < 4.78 is 18.3. The number of ether oxygens (including phenoxy) is 1. The van der Waals surface area contributed by atoms with Crippen molar-refractivity contribution >= 4 is 11.7 Å². The van der Waals surface area contributed by atoms with Gasteiger partial charge in [0.2, 0.25) is 0 Å². The first kappa shape index (κ1) is 17.7. The normalized spacial score (nSPS) is 18.1. The summed E-state index contributed by atoms with van der Waals surface area (Å²) in [4.78, 5) is 14.4. The quantitative estimate of drug-likeness (QED) is 0.759. The lowest BCUT2D eigenvalue weighted by Gasteiger charge is -2.16. The van der Waals surface area contributed by atoms with Crippen molar-refractivity contribution in [1.82, 2.24) is 10.2 Å². The number of halogens is 1. The lowest BCUT2D eigenvalue weighted by Crippen LogP contribution is -2.34. The monoisotopic (exact) mass is 323 g/mol. The zero-order chi connectivity index (χ0) is 16.7. The standard InChI is InChI=1S/C17H26FN3O2/c1-13-4-5-15(18)10-16(13)20-17(22)19-11-14-6-8-21(12-14)7-3-9-23-2/h4-5,10,14H,3,6-9,11-12H2,1-2H3,(H2,19,20,22)/t14-/m0/s1. The third kappa shape index (κ3) is 5.80. The van der Waals surface area contributed by atoms with Gasteiger partial charge in [-0.25, -0.2) is 9.18 Å². The average molecular weight is 323 g/mol. The van der Waals surface area contributed by atoms with E-state index in [1.54, 1.807) is 13.2 Å². The van der Waals surface area contributed by atoms with Crippen LogP contribution in [0.5, 0.6) is 0 Å². The summed E-state index contributed by atoms with van der Waals surface area (Å²) in [6.07, 6.45) is 2.13. The highest BCUT2D eigenvalue weighted by Gasteiger charge is 2.22. The Balaban J connectivity index is 1.70. The number of benzene rings is 1. The Morgan fingerprint density at radius 2 is 2.30 bits per heavy atom. The number of aryl methyl sites for hydroxylation is 1. The molecule has 2 N–H and O–H groups in total. The van der Waals surface area contributed by atoms with Crippen molar-refractivity contribution in [1.29, 1.82) is 0 Å². The summed E-state index contributed by atoms with van der Waals surface area (Å²) in [7, 11) is 1.72. The number of methoxy groups -OCH3 is 1. The van der Waals surface area contributed by atoms with Crippen molar-refractivity contribution in [3.05, 3.63) is 29.6 Å². The Morgan fingerprint density at radius 3 is 3.09 bits per heavy atom. The van der Waals surface area contributed by atoms with Crippen LogP contribution < -0.4 is 10.6 Å². The van der Waals surface area contributed by atoms with Gasteiger partial charge in [0.1, 0.15) is 5.82 Å². The summed E-state index contributed by atoms with van der Waals surface area (Å²) in [5, 5.41) is 5.59. The lowest BCUT2D eigenvalue weighted by atomic mass is 10.1. The molecule has 0 unspecified atom stereocenters. The highest BCUT2D eigenvalue weighted by atomic mass is 19.1. The minimum atomic E-state index is -0.353. The molecule has 6 heteroatoms. The molecule has 1 aromatic carbocycles. The highest BCUT2D eigenvalue weighted by Crippen LogP contribution is 2.17. The second-order valence-corrected chi connectivity index (χ2v) is 6.10. The number of carbonyl (C=O) groups is 1. The van der Waals surface area contributed by atoms with E-state index in [1.165, 1.54) is 12.1 Å². The summed E-state index contributed by atoms with van der Waals surface area (Å²) >= 11 is 0. The van der Waals surface area contributed by atoms with Gasteiger partial charge in [-0.05, 0) is 49.9 Å². The number of rotatable bonds is 7. The first-order valence-corrected chi connectivity index (χ1v) is 8.11. The van der Waals surface area contributed by atoms with Crippen LogP contribution >= 0.6 is 0 Å². The molecule has 2 rings (SSSR count). The molecule has 1 aliphatic heterocycles. The van der Waals surface area contributed by atoms with Gasteiger partial charge in [0, 0.05) is 39.0 Å². The van der Waals surface area contributed by atoms with E-state index >= 15 is 0 Å². The predicted octanol–water partition coefficient (Wildman–Crippen LogP) is 2.61. The van der Waals surface area contributed by atoms with Crippen LogP contribution in [-0.2, 0) is 4.74 Å². The molecule has 0 bridgehead atoms. The largest absolute Gasteiger partial charge is 0.385 e. The smallest absolute Gasteiger partial charge is 0.319 e. The number of nitrogens with zero attached hydrogens (tertiary/aromatic N) is 1. The molecule has 0 saturated carbocycles. The highest BCUT2D eigenvalue weighted by molar-refractivity contribution is 5.90. The van der Waals surface area contributed by atoms with Crippen molar-refractivity contribution in [3.8, 4) is 0 Å². The third-order valence-electron chi connectivity index (χ3n) is 4.19. The molecule has 23 heavy (non-hydrogen) atoms. The van der Waals surface area contributed by atoms with Gasteiger partial charge in [-0.2, -0.15) is 0 Å². The molecule has 1 atom stereocenters. The number of amides is 2. The van der Waals surface area contributed by atoms with Crippen LogP contribution in [0.4, 0.5) is 14.9 Å². The topological polar surface area (TPSA) is 53.6 Å². The molecular formula is C17H26FN3O2. The summed E-state index contributed by atoms with van der Waals surface area (Å²) in [5.41, 5.74) is 1.35. The predicted molar refractivity (Wildman–Crippen MR) is 89.2 cm³/mol. The molecule has 2 amide bonds. The minimum absolute atomic E-state index is 0.281. The molecule has 1 fully saturated rings. The summed E-state index contributed by atoms with van der Waals surface area (Å²) in [5.74, 6) is 0.116. The molecule has 1 aliphatic rings. The van der Waals surface area contributed by atoms with Crippen LogP contribution in [0.2, 0.25) is 0 Å². The zero-order valence-electron chi connectivity index (χ0n) is 13.9. The first-order chi connectivity index (χ1) is 11.1. The van der Waals surface area contributed by atoms with Crippen molar-refractivity contribution in [2.75, 3.05) is 45.2 Å². The number of carbonyl (C=O) groups excluding carboxylic acids is 1. The summed E-state index contributed by atoms with van der Waals surface area (Å²) in [6, 6.07) is 4.09. The number of hydrogen-bond donors (Lipinski definition) is 2. The number of likely N-dealkylation sites (tertiary alicyclic amines) is 1. The molecule has 0 spiro atoms. The Labute approximate surface area is 137 Å². The van der Waals surface area contributed by atoms with E-state index in [0.29, 0.717) is 18.2 Å². The molecule has 0 aliphatic carbocycles. The van der Waals surface area contributed by atoms with Gasteiger partial charge in [0.15, 0.2) is 0 Å². The SMILES string of the molecule is COCCCN1CC[C@@H](CNC(=O)Nc2cc(F)ccc2C)C1. The molecule has 1 heterocycles. The van der Waals surface area contributed by atoms with Gasteiger partial charge in [-0.3, -0.25) is 0 Å². The van der Waals surface area contributed by atoms with Crippen molar-refractivity contribution < 1.29 is 13.9 Å². The molecule has 0 radical (unpaired) electrons. The Kier molecular flexibility index (Phi) is 6.80. The Hall–Kier alpha value is -1.66. The van der Waals surface area contributed by atoms with Crippen molar-refractivity contribution in [3.63, 3.8) is 0 Å². The maximum Gasteiger partial charge on any atom is 0.319 e. The van der Waals surface area contributed by atoms with E-state index in [9.17, 15) is 9.18 Å². The van der Waals surface area contributed by atoms with Gasteiger partial charge in [0.05, 0.1) is 0 Å². The fourth-order valence-electron chi connectivity index (χ4n) is 2.85. The van der Waals surface area contributed by atoms with E-state index in [-0.39, 0.29) is 11.8 Å². The minimum Gasteiger partial charge on any atom is -0.385 e. The summed E-state index contributed by atoms with van der Waals surface area (Å²) in [6.45, 7) is 6.38. The molecule has 5 nitrogen and oxygen atoms in total. The first-order valence-electron chi connectivity index (χ1n) is 8.11. The van der Waals surface area contributed by atoms with Crippen LogP contribution in [0, 0.1) is 18.7 Å². The van der Waals surface area contributed by atoms with Gasteiger partial charge in [-0.1, -0.05) is 6.07 Å². The fraction of sp³-hybridized carbons (Fsp3) is 0.588. The van der Waals surface area contributed by atoms with Crippen molar-refractivity contribution in [2.45, 2.75) is 19.8 Å². The van der Waals surface area contributed by atoms with Gasteiger partial charge >= 0.3 is 6.03 Å². The van der Waals surface area contributed by atoms with E-state index in [0.717, 1.165) is 44.6 Å². The number of urea groups is 1. The van der Waals surface area contributed by atoms with Crippen LogP contribution in [0.3, 0.4) is 0 Å². The van der Waals surface area contributed by atoms with Gasteiger partial charge in [0.25, 0.3) is 0 Å². The molecule has 1 aromatic rings. The zero-order valence-corrected chi connectivity index (χ0v) is 13.9. The lowest BCUT2D eigenvalue weighted by molar-refractivity contribution is 0.178. The molecular weight excluding hydrogens is 297 g/mol. The van der Waals surface area contributed by atoms with Gasteiger partial charge < -0.3 is 20.3 Å². The van der Waals surface area contributed by atoms with E-state index in [2.05, 4.69) is 15.5 Å². The van der Waals surface area contributed by atoms with Gasteiger partial charge in [-0.15, -0.1) is 0 Å². The molecule has 128 valence electrons. The van der Waals surface area contributed by atoms with E-state index in [1.807, 2.05) is 6.92 Å². The van der Waals surface area contributed by atoms with Crippen molar-refractivity contribution in [2.24, 2.45) is 5.92 Å². The maximum absolute atomic E-state index is 13.2. The number of nitrogens with one attached hydrogen (secondary N) is 2. The number of hydrogen-bond acceptors (Lipinski definition) is 3. The molecule has 0 aromatic heterocycles. The van der Waals surface area contributed by atoms with E-state index < -0.39 is 0 Å². The Morgan fingerprint density at radius 1 is 1.48 bits per heavy atom. The van der Waals surface area contributed by atoms with Crippen LogP contribution in [0.25, 0.3) is 0 Å². The fourth-order valence-corrected chi connectivity index (χ4v) is 2.85. The molecule has 1 saturated heterocycles.